The molecule has 0 bridgehead atoms. The van der Waals surface area contributed by atoms with Gasteiger partial charge in [0.2, 0.25) is 0 Å². The molecule has 0 aromatic rings. The van der Waals surface area contributed by atoms with Crippen LogP contribution in [0.1, 0.15) is 53.9 Å². The van der Waals surface area contributed by atoms with Crippen LogP contribution < -0.4 is 0 Å². The molecular formula is C19H28O7. The summed E-state index contributed by atoms with van der Waals surface area (Å²) in [5.41, 5.74) is -1.35. The maximum absolute atomic E-state index is 11.8. The van der Waals surface area contributed by atoms with Crippen LogP contribution in [0.4, 0.5) is 0 Å². The molecule has 7 atom stereocenters. The summed E-state index contributed by atoms with van der Waals surface area (Å²) in [5.74, 6) is -1.09. The maximum atomic E-state index is 11.8. The van der Waals surface area contributed by atoms with E-state index in [0.29, 0.717) is 6.42 Å². The molecule has 3 rings (SSSR count). The Balaban J connectivity index is 1.98. The first kappa shape index (κ1) is 19.3. The minimum absolute atomic E-state index is 0.0393. The van der Waals surface area contributed by atoms with Crippen LogP contribution in [-0.4, -0.2) is 53.8 Å². The number of aldehydes is 1. The molecule has 7 nitrogen and oxygen atoms in total. The minimum atomic E-state index is -0.924. The lowest BCUT2D eigenvalue weighted by molar-refractivity contribution is -0.165. The Morgan fingerprint density at radius 3 is 2.35 bits per heavy atom. The largest absolute Gasteiger partial charge is 0.462 e. The molecule has 0 aromatic heterocycles. The van der Waals surface area contributed by atoms with Gasteiger partial charge in [0, 0.05) is 26.2 Å². The fourth-order valence-electron chi connectivity index (χ4n) is 4.49. The van der Waals surface area contributed by atoms with E-state index in [4.69, 9.17) is 18.9 Å². The highest BCUT2D eigenvalue weighted by atomic mass is 16.6. The second kappa shape index (κ2) is 6.60. The van der Waals surface area contributed by atoms with E-state index >= 15 is 0 Å². The van der Waals surface area contributed by atoms with Gasteiger partial charge in [-0.3, -0.25) is 9.59 Å². The molecule has 2 saturated heterocycles. The molecule has 0 unspecified atom stereocenters. The van der Waals surface area contributed by atoms with Gasteiger partial charge >= 0.3 is 11.9 Å². The number of ether oxygens (including phenoxy) is 4. The van der Waals surface area contributed by atoms with Gasteiger partial charge in [-0.25, -0.2) is 0 Å². The lowest BCUT2D eigenvalue weighted by Gasteiger charge is -2.36. The minimum Gasteiger partial charge on any atom is -0.462 e. The van der Waals surface area contributed by atoms with Gasteiger partial charge in [0.25, 0.3) is 0 Å². The average Bonchev–Trinajstić information content (AvgIpc) is 3.38. The van der Waals surface area contributed by atoms with E-state index in [9.17, 15) is 14.4 Å². The highest BCUT2D eigenvalue weighted by molar-refractivity contribution is 5.69. The maximum Gasteiger partial charge on any atom is 0.303 e. The van der Waals surface area contributed by atoms with Gasteiger partial charge in [-0.15, -0.1) is 0 Å². The van der Waals surface area contributed by atoms with Gasteiger partial charge in [-0.1, -0.05) is 13.8 Å². The number of epoxide rings is 2. The van der Waals surface area contributed by atoms with E-state index in [-0.39, 0.29) is 30.5 Å². The molecule has 1 saturated carbocycles. The fraction of sp³-hybridized carbons (Fsp3) is 0.842. The number of esters is 2. The lowest BCUT2D eigenvalue weighted by Crippen LogP contribution is -2.47. The van der Waals surface area contributed by atoms with Gasteiger partial charge < -0.3 is 23.7 Å². The number of carbonyl (C=O) groups excluding carboxylic acids is 3. The molecule has 0 radical (unpaired) electrons. The molecule has 2 aliphatic heterocycles. The topological polar surface area (TPSA) is 94.7 Å². The quantitative estimate of drug-likeness (QED) is 0.424. The van der Waals surface area contributed by atoms with Crippen molar-refractivity contribution < 1.29 is 33.3 Å². The zero-order valence-electron chi connectivity index (χ0n) is 16.0. The van der Waals surface area contributed by atoms with Crippen LogP contribution in [0, 0.1) is 11.8 Å². The van der Waals surface area contributed by atoms with Crippen molar-refractivity contribution >= 4 is 18.2 Å². The van der Waals surface area contributed by atoms with Crippen LogP contribution in [0.15, 0.2) is 0 Å². The summed E-state index contributed by atoms with van der Waals surface area (Å²) in [6.07, 6.45) is 0.916. The molecule has 2 heterocycles. The summed E-state index contributed by atoms with van der Waals surface area (Å²) in [4.78, 5) is 35.2. The highest BCUT2D eigenvalue weighted by Crippen LogP contribution is 2.53. The SMILES string of the molecule is CC(=O)O[C@H]1[C@@H](C(C)C)[C@H](OC(C)=O)C[C@@]2(C=O)O[C@@H]2CC[C@@]2(C)O[C@H]12. The van der Waals surface area contributed by atoms with Gasteiger partial charge in [0.1, 0.15) is 18.3 Å². The van der Waals surface area contributed by atoms with Crippen molar-refractivity contribution in [2.75, 3.05) is 0 Å². The Hall–Kier alpha value is -1.47. The molecule has 0 spiro atoms. The van der Waals surface area contributed by atoms with Crippen molar-refractivity contribution in [1.29, 1.82) is 0 Å². The van der Waals surface area contributed by atoms with Crippen molar-refractivity contribution in [2.45, 2.75) is 89.5 Å². The highest BCUT2D eigenvalue weighted by Gasteiger charge is 2.66. The summed E-state index contributed by atoms with van der Waals surface area (Å²) in [5, 5.41) is 0. The Morgan fingerprint density at radius 2 is 1.81 bits per heavy atom. The molecule has 0 aromatic carbocycles. The van der Waals surface area contributed by atoms with E-state index in [2.05, 4.69) is 0 Å². The summed E-state index contributed by atoms with van der Waals surface area (Å²) in [7, 11) is 0. The number of carbonyl (C=O) groups is 3. The van der Waals surface area contributed by atoms with Crippen LogP contribution in [0.25, 0.3) is 0 Å². The third-order valence-corrected chi connectivity index (χ3v) is 5.91. The molecule has 7 heteroatoms. The Labute approximate surface area is 153 Å². The van der Waals surface area contributed by atoms with E-state index in [1.54, 1.807) is 0 Å². The number of hydrogen-bond acceptors (Lipinski definition) is 7. The molecular weight excluding hydrogens is 340 g/mol. The van der Waals surface area contributed by atoms with Crippen LogP contribution in [0.2, 0.25) is 0 Å². The van der Waals surface area contributed by atoms with Crippen molar-refractivity contribution in [1.82, 2.24) is 0 Å². The number of fused-ring (bicyclic) bond motifs is 2. The first-order chi connectivity index (χ1) is 12.1. The van der Waals surface area contributed by atoms with Crippen LogP contribution in [0.3, 0.4) is 0 Å². The predicted octanol–water partition coefficient (Wildman–Crippen LogP) is 1.80. The van der Waals surface area contributed by atoms with E-state index in [1.807, 2.05) is 20.8 Å². The summed E-state index contributed by atoms with van der Waals surface area (Å²) >= 11 is 0. The van der Waals surface area contributed by atoms with Gasteiger partial charge in [-0.05, 0) is 25.7 Å². The standard InChI is InChI=1S/C19H28O7/c1-10(2)15-13(23-11(3)21)8-19(9-20)14(25-19)6-7-18(5)17(26-18)16(15)24-12(4)22/h9-10,13-17H,6-8H2,1-5H3/t13-,14-,15+,16+,17-,18-,19+/m1/s1. The summed E-state index contributed by atoms with van der Waals surface area (Å²) < 4.78 is 23.0. The normalized spacial score (nSPS) is 44.3. The van der Waals surface area contributed by atoms with E-state index < -0.39 is 35.3 Å². The molecule has 146 valence electrons. The number of rotatable bonds is 4. The predicted molar refractivity (Wildman–Crippen MR) is 90.2 cm³/mol. The zero-order chi connectivity index (χ0) is 19.3. The summed E-state index contributed by atoms with van der Waals surface area (Å²) in [6, 6.07) is 0. The Kier molecular flexibility index (Phi) is 4.90. The van der Waals surface area contributed by atoms with Crippen molar-refractivity contribution in [3.63, 3.8) is 0 Å². The third kappa shape index (κ3) is 3.51. The Bertz CT molecular complexity index is 603. The van der Waals surface area contributed by atoms with Gasteiger partial charge in [0.15, 0.2) is 11.9 Å². The monoisotopic (exact) mass is 368 g/mol. The van der Waals surface area contributed by atoms with Crippen molar-refractivity contribution in [3.05, 3.63) is 0 Å². The first-order valence-corrected chi connectivity index (χ1v) is 9.28. The molecule has 3 aliphatic rings. The fourth-order valence-corrected chi connectivity index (χ4v) is 4.49. The Morgan fingerprint density at radius 1 is 1.15 bits per heavy atom. The molecule has 1 aliphatic carbocycles. The average molecular weight is 368 g/mol. The molecule has 0 amide bonds. The molecule has 26 heavy (non-hydrogen) atoms. The molecule has 3 fully saturated rings. The van der Waals surface area contributed by atoms with Crippen LogP contribution in [0.5, 0.6) is 0 Å². The lowest BCUT2D eigenvalue weighted by atomic mass is 9.76. The van der Waals surface area contributed by atoms with Crippen molar-refractivity contribution in [3.8, 4) is 0 Å². The van der Waals surface area contributed by atoms with Crippen LogP contribution >= 0.6 is 0 Å². The van der Waals surface area contributed by atoms with E-state index in [1.165, 1.54) is 13.8 Å². The number of hydrogen-bond donors (Lipinski definition) is 0. The third-order valence-electron chi connectivity index (χ3n) is 5.91. The van der Waals surface area contributed by atoms with Gasteiger partial charge in [0.05, 0.1) is 11.7 Å². The second-order valence-corrected chi connectivity index (χ2v) is 8.32. The summed E-state index contributed by atoms with van der Waals surface area (Å²) in [6.45, 7) is 8.67. The molecule has 0 N–H and O–H groups in total. The van der Waals surface area contributed by atoms with Crippen LogP contribution in [-0.2, 0) is 33.3 Å². The van der Waals surface area contributed by atoms with Crippen molar-refractivity contribution in [2.24, 2.45) is 11.8 Å². The van der Waals surface area contributed by atoms with E-state index in [0.717, 1.165) is 12.7 Å². The zero-order valence-corrected chi connectivity index (χ0v) is 16.0. The van der Waals surface area contributed by atoms with Gasteiger partial charge in [-0.2, -0.15) is 0 Å². The second-order valence-electron chi connectivity index (χ2n) is 8.32. The first-order valence-electron chi connectivity index (χ1n) is 9.28. The smallest absolute Gasteiger partial charge is 0.303 e.